The van der Waals surface area contributed by atoms with Crippen molar-refractivity contribution in [1.82, 2.24) is 24.4 Å². The van der Waals surface area contributed by atoms with Crippen LogP contribution in [0.25, 0.3) is 5.65 Å². The van der Waals surface area contributed by atoms with Crippen molar-refractivity contribution >= 4 is 17.5 Å². The molecule has 1 aliphatic carbocycles. The number of aryl methyl sites for hydroxylation is 1. The molecule has 2 aliphatic heterocycles. The lowest BCUT2D eigenvalue weighted by Gasteiger charge is -2.42. The van der Waals surface area contributed by atoms with Crippen LogP contribution in [0.3, 0.4) is 0 Å². The van der Waals surface area contributed by atoms with Crippen LogP contribution in [0.5, 0.6) is 0 Å². The van der Waals surface area contributed by atoms with E-state index in [4.69, 9.17) is 0 Å². The predicted molar refractivity (Wildman–Crippen MR) is 118 cm³/mol. The monoisotopic (exact) mass is 410 g/mol. The van der Waals surface area contributed by atoms with Crippen LogP contribution in [0.4, 0.5) is 5.95 Å². The molecule has 1 saturated carbocycles. The summed E-state index contributed by atoms with van der Waals surface area (Å²) in [5.74, 6) is 1.28. The van der Waals surface area contributed by atoms with Gasteiger partial charge in [-0.2, -0.15) is 0 Å². The Kier molecular flexibility index (Phi) is 5.63. The van der Waals surface area contributed by atoms with Gasteiger partial charge in [0.15, 0.2) is 5.65 Å². The maximum atomic E-state index is 13.3. The van der Waals surface area contributed by atoms with Crippen LogP contribution in [0.2, 0.25) is 0 Å². The summed E-state index contributed by atoms with van der Waals surface area (Å²) in [6, 6.07) is 6.84. The number of aromatic nitrogens is 3. The first-order chi connectivity index (χ1) is 14.7. The summed E-state index contributed by atoms with van der Waals surface area (Å²) in [4.78, 5) is 20.3. The van der Waals surface area contributed by atoms with Crippen LogP contribution in [0.15, 0.2) is 18.2 Å². The first-order valence-corrected chi connectivity index (χ1v) is 11.8. The molecule has 5 rings (SSSR count). The SMILES string of the molecule is Cc1cccc2nnc(N3CCC[C@H](C(=O)N4CCN(C5CCCCC5)CC4)C3)n12. The molecule has 0 unspecified atom stereocenters. The van der Waals surface area contributed by atoms with Crippen molar-refractivity contribution in [2.45, 2.75) is 57.9 Å². The Morgan fingerprint density at radius 2 is 1.73 bits per heavy atom. The Morgan fingerprint density at radius 3 is 2.53 bits per heavy atom. The Balaban J connectivity index is 1.22. The highest BCUT2D eigenvalue weighted by atomic mass is 16.2. The maximum Gasteiger partial charge on any atom is 0.231 e. The summed E-state index contributed by atoms with van der Waals surface area (Å²) in [7, 11) is 0. The number of hydrogen-bond acceptors (Lipinski definition) is 5. The largest absolute Gasteiger partial charge is 0.340 e. The minimum absolute atomic E-state index is 0.0661. The van der Waals surface area contributed by atoms with E-state index in [0.717, 1.165) is 75.4 Å². The van der Waals surface area contributed by atoms with Gasteiger partial charge in [-0.05, 0) is 44.7 Å². The molecule has 1 amide bonds. The van der Waals surface area contributed by atoms with Crippen molar-refractivity contribution in [2.75, 3.05) is 44.2 Å². The minimum Gasteiger partial charge on any atom is -0.340 e. The molecule has 2 aromatic rings. The second-order valence-corrected chi connectivity index (χ2v) is 9.30. The van der Waals surface area contributed by atoms with Crippen LogP contribution in [-0.4, -0.2) is 75.6 Å². The molecule has 7 nitrogen and oxygen atoms in total. The number of carbonyl (C=O) groups is 1. The molecule has 162 valence electrons. The number of fused-ring (bicyclic) bond motifs is 1. The van der Waals surface area contributed by atoms with E-state index in [1.165, 1.54) is 32.1 Å². The number of pyridine rings is 1. The Hall–Kier alpha value is -2.15. The van der Waals surface area contributed by atoms with Crippen molar-refractivity contribution in [3.63, 3.8) is 0 Å². The fourth-order valence-electron chi connectivity index (χ4n) is 5.66. The van der Waals surface area contributed by atoms with E-state index < -0.39 is 0 Å². The maximum absolute atomic E-state index is 13.3. The molecule has 0 aromatic carbocycles. The first-order valence-electron chi connectivity index (χ1n) is 11.8. The third kappa shape index (κ3) is 3.80. The third-order valence-electron chi connectivity index (χ3n) is 7.38. The van der Waals surface area contributed by atoms with Gasteiger partial charge in [0.05, 0.1) is 5.92 Å². The Labute approximate surface area is 179 Å². The van der Waals surface area contributed by atoms with Gasteiger partial charge < -0.3 is 9.80 Å². The van der Waals surface area contributed by atoms with Crippen LogP contribution in [-0.2, 0) is 4.79 Å². The molecule has 1 atom stereocenters. The molecule has 0 radical (unpaired) electrons. The normalized spacial score (nSPS) is 24.5. The number of carbonyl (C=O) groups excluding carboxylic acids is 1. The molecule has 7 heteroatoms. The summed E-state index contributed by atoms with van der Waals surface area (Å²) in [5.41, 5.74) is 2.00. The molecule has 2 aromatic heterocycles. The van der Waals surface area contributed by atoms with E-state index in [-0.39, 0.29) is 5.92 Å². The van der Waals surface area contributed by atoms with E-state index in [1.807, 2.05) is 12.1 Å². The van der Waals surface area contributed by atoms with Gasteiger partial charge >= 0.3 is 0 Å². The summed E-state index contributed by atoms with van der Waals surface area (Å²) in [5, 5.41) is 8.79. The third-order valence-corrected chi connectivity index (χ3v) is 7.38. The van der Waals surface area contributed by atoms with Crippen molar-refractivity contribution < 1.29 is 4.79 Å². The molecular weight excluding hydrogens is 376 g/mol. The summed E-state index contributed by atoms with van der Waals surface area (Å²) in [6.07, 6.45) is 8.84. The molecule has 0 N–H and O–H groups in total. The van der Waals surface area contributed by atoms with Gasteiger partial charge in [0.1, 0.15) is 0 Å². The Morgan fingerprint density at radius 1 is 0.933 bits per heavy atom. The number of piperidine rings is 1. The van der Waals surface area contributed by atoms with Crippen LogP contribution >= 0.6 is 0 Å². The molecule has 3 aliphatic rings. The van der Waals surface area contributed by atoms with Gasteiger partial charge in [-0.3, -0.25) is 14.1 Å². The van der Waals surface area contributed by atoms with Crippen molar-refractivity contribution in [2.24, 2.45) is 5.92 Å². The molecule has 0 bridgehead atoms. The van der Waals surface area contributed by atoms with E-state index >= 15 is 0 Å². The number of nitrogens with zero attached hydrogens (tertiary/aromatic N) is 6. The van der Waals surface area contributed by atoms with Gasteiger partial charge in [-0.1, -0.05) is 25.3 Å². The molecule has 30 heavy (non-hydrogen) atoms. The average molecular weight is 411 g/mol. The van der Waals surface area contributed by atoms with Gasteiger partial charge in [0.25, 0.3) is 0 Å². The van der Waals surface area contributed by atoms with Gasteiger partial charge in [0, 0.05) is 51.0 Å². The second kappa shape index (κ2) is 8.53. The lowest BCUT2D eigenvalue weighted by molar-refractivity contribution is -0.138. The number of amides is 1. The van der Waals surface area contributed by atoms with E-state index in [9.17, 15) is 4.79 Å². The van der Waals surface area contributed by atoms with Crippen molar-refractivity contribution in [3.05, 3.63) is 23.9 Å². The standard InChI is InChI=1S/C23H34N6O/c1-18-7-5-11-21-24-25-23(29(18)21)28-12-6-8-19(17-28)22(30)27-15-13-26(14-16-27)20-9-3-2-4-10-20/h5,7,11,19-20H,2-4,6,8-10,12-17H2,1H3/t19-/m0/s1. The molecular formula is C23H34N6O. The van der Waals surface area contributed by atoms with Crippen LogP contribution < -0.4 is 4.90 Å². The lowest BCUT2D eigenvalue weighted by Crippen LogP contribution is -2.55. The smallest absolute Gasteiger partial charge is 0.231 e. The molecule has 3 fully saturated rings. The quantitative estimate of drug-likeness (QED) is 0.779. The van der Waals surface area contributed by atoms with Crippen LogP contribution in [0, 0.1) is 12.8 Å². The summed E-state index contributed by atoms with van der Waals surface area (Å²) in [6.45, 7) is 7.63. The molecule has 4 heterocycles. The number of hydrogen-bond donors (Lipinski definition) is 0. The highest BCUT2D eigenvalue weighted by molar-refractivity contribution is 5.80. The van der Waals surface area contributed by atoms with Crippen molar-refractivity contribution in [1.29, 1.82) is 0 Å². The minimum atomic E-state index is 0.0661. The van der Waals surface area contributed by atoms with E-state index in [2.05, 4.69) is 42.3 Å². The zero-order valence-electron chi connectivity index (χ0n) is 18.2. The van der Waals surface area contributed by atoms with Crippen LogP contribution in [0.1, 0.15) is 50.6 Å². The highest BCUT2D eigenvalue weighted by Gasteiger charge is 2.33. The van der Waals surface area contributed by atoms with Gasteiger partial charge in [-0.15, -0.1) is 10.2 Å². The van der Waals surface area contributed by atoms with Gasteiger partial charge in [0.2, 0.25) is 11.9 Å². The zero-order chi connectivity index (χ0) is 20.5. The Bertz CT molecular complexity index is 881. The number of anilines is 1. The zero-order valence-corrected chi connectivity index (χ0v) is 18.2. The van der Waals surface area contributed by atoms with E-state index in [1.54, 1.807) is 0 Å². The number of rotatable bonds is 3. The fourth-order valence-corrected chi connectivity index (χ4v) is 5.66. The average Bonchev–Trinajstić information content (AvgIpc) is 3.25. The molecule has 2 saturated heterocycles. The lowest BCUT2D eigenvalue weighted by atomic mass is 9.93. The predicted octanol–water partition coefficient (Wildman–Crippen LogP) is 2.73. The number of piperazine rings is 1. The van der Waals surface area contributed by atoms with Gasteiger partial charge in [-0.25, -0.2) is 0 Å². The second-order valence-electron chi connectivity index (χ2n) is 9.30. The van der Waals surface area contributed by atoms with Crippen molar-refractivity contribution in [3.8, 4) is 0 Å². The highest BCUT2D eigenvalue weighted by Crippen LogP contribution is 2.27. The summed E-state index contributed by atoms with van der Waals surface area (Å²) < 4.78 is 2.11. The fraction of sp³-hybridized carbons (Fsp3) is 0.696. The topological polar surface area (TPSA) is 57.0 Å². The molecule has 0 spiro atoms. The van der Waals surface area contributed by atoms with E-state index in [0.29, 0.717) is 5.91 Å². The summed E-state index contributed by atoms with van der Waals surface area (Å²) >= 11 is 0. The first kappa shape index (κ1) is 19.8.